The van der Waals surface area contributed by atoms with Crippen LogP contribution in [0.25, 0.3) is 0 Å². The number of rotatable bonds is 3. The van der Waals surface area contributed by atoms with E-state index in [4.69, 9.17) is 9.47 Å². The van der Waals surface area contributed by atoms with E-state index in [0.717, 1.165) is 24.1 Å². The molecule has 38 heavy (non-hydrogen) atoms. The number of carbonyl (C=O) groups is 3. The van der Waals surface area contributed by atoms with Gasteiger partial charge in [-0.3, -0.25) is 9.69 Å². The molecular weight excluding hydrogens is 486 g/mol. The third-order valence-electron chi connectivity index (χ3n) is 7.51. The van der Waals surface area contributed by atoms with Crippen LogP contribution < -0.4 is 4.90 Å². The number of para-hydroxylation sites is 1. The first-order valence-corrected chi connectivity index (χ1v) is 13.8. The first-order chi connectivity index (χ1) is 17.7. The zero-order valence-corrected chi connectivity index (χ0v) is 23.6. The molecule has 1 aromatic rings. The molecule has 1 N–H and O–H groups in total. The minimum Gasteiger partial charge on any atom is -0.444 e. The molecule has 9 heteroatoms. The smallest absolute Gasteiger partial charge is 0.414 e. The molecule has 0 saturated carbocycles. The molecule has 4 rings (SSSR count). The number of ether oxygens (including phenoxy) is 2. The van der Waals surface area contributed by atoms with Gasteiger partial charge in [0.1, 0.15) is 11.2 Å². The van der Waals surface area contributed by atoms with Crippen LogP contribution in [0.2, 0.25) is 0 Å². The van der Waals surface area contributed by atoms with Crippen LogP contribution in [0.15, 0.2) is 24.3 Å². The number of nitrogens with zero attached hydrogens (tertiary/aromatic N) is 3. The van der Waals surface area contributed by atoms with Gasteiger partial charge in [-0.25, -0.2) is 9.59 Å². The Morgan fingerprint density at radius 1 is 0.921 bits per heavy atom. The number of hydrogen-bond donors (Lipinski definition) is 1. The molecule has 1 aromatic carbocycles. The Hall–Kier alpha value is -2.81. The molecule has 3 aliphatic heterocycles. The Kier molecular flexibility index (Phi) is 7.98. The molecule has 3 aliphatic rings. The first kappa shape index (κ1) is 28.2. The standard InChI is InChI=1S/C29H43N3O6/c1-28(2,3)37-26(35)31-17-21(33)15-20(31)16-25(34)30-13-11-19(12-14-30)23-18-32(27(36)38-29(4,5)6)24-10-8-7-9-22(23)24/h7-10,19-21,23,33H,11-18H2,1-6H3/t20-,21+,23?/m0/s1. The quantitative estimate of drug-likeness (QED) is 0.618. The van der Waals surface area contributed by atoms with Crippen molar-refractivity contribution in [1.29, 1.82) is 0 Å². The lowest BCUT2D eigenvalue weighted by atomic mass is 9.81. The van der Waals surface area contributed by atoms with Crippen molar-refractivity contribution in [3.05, 3.63) is 29.8 Å². The lowest BCUT2D eigenvalue weighted by Gasteiger charge is -2.36. The minimum atomic E-state index is -0.651. The van der Waals surface area contributed by atoms with Gasteiger partial charge >= 0.3 is 12.2 Å². The van der Waals surface area contributed by atoms with Crippen molar-refractivity contribution in [2.24, 2.45) is 5.92 Å². The van der Waals surface area contributed by atoms with Crippen LogP contribution in [0.1, 0.15) is 78.7 Å². The van der Waals surface area contributed by atoms with Crippen molar-refractivity contribution < 1.29 is 29.0 Å². The van der Waals surface area contributed by atoms with Gasteiger partial charge in [-0.2, -0.15) is 0 Å². The van der Waals surface area contributed by atoms with E-state index < -0.39 is 23.4 Å². The van der Waals surface area contributed by atoms with Gasteiger partial charge in [0, 0.05) is 38.0 Å². The highest BCUT2D eigenvalue weighted by atomic mass is 16.6. The molecule has 0 radical (unpaired) electrons. The molecule has 0 bridgehead atoms. The lowest BCUT2D eigenvalue weighted by Crippen LogP contribution is -2.45. The Bertz CT molecular complexity index is 1040. The van der Waals surface area contributed by atoms with E-state index in [9.17, 15) is 19.5 Å². The Morgan fingerprint density at radius 3 is 2.16 bits per heavy atom. The van der Waals surface area contributed by atoms with Crippen LogP contribution in [0, 0.1) is 5.92 Å². The van der Waals surface area contributed by atoms with Gasteiger partial charge in [-0.05, 0) is 78.4 Å². The van der Waals surface area contributed by atoms with Crippen LogP contribution in [-0.4, -0.2) is 82.5 Å². The Labute approximate surface area is 226 Å². The normalized spacial score (nSPS) is 24.4. The number of β-amino-alcohol motifs (C(OH)–C–C–N with tert-alkyl or cyclic N) is 1. The highest BCUT2D eigenvalue weighted by Gasteiger charge is 2.41. The molecule has 210 valence electrons. The maximum Gasteiger partial charge on any atom is 0.414 e. The summed E-state index contributed by atoms with van der Waals surface area (Å²) in [4.78, 5) is 43.9. The van der Waals surface area contributed by atoms with E-state index in [1.807, 2.05) is 43.9 Å². The topological polar surface area (TPSA) is 99.6 Å². The number of hydrogen-bond acceptors (Lipinski definition) is 6. The molecule has 3 amide bonds. The predicted octanol–water partition coefficient (Wildman–Crippen LogP) is 4.52. The van der Waals surface area contributed by atoms with E-state index in [1.165, 1.54) is 4.90 Å². The third-order valence-corrected chi connectivity index (χ3v) is 7.51. The summed E-state index contributed by atoms with van der Waals surface area (Å²) in [6.07, 6.45) is 0.779. The zero-order valence-electron chi connectivity index (χ0n) is 23.6. The molecule has 3 heterocycles. The van der Waals surface area contributed by atoms with E-state index in [1.54, 1.807) is 25.7 Å². The van der Waals surface area contributed by atoms with Crippen LogP contribution in [-0.2, 0) is 14.3 Å². The van der Waals surface area contributed by atoms with Crippen molar-refractivity contribution in [3.8, 4) is 0 Å². The average molecular weight is 530 g/mol. The van der Waals surface area contributed by atoms with Gasteiger partial charge in [0.05, 0.1) is 18.3 Å². The second kappa shape index (κ2) is 10.8. The summed E-state index contributed by atoms with van der Waals surface area (Å²) in [7, 11) is 0. The maximum atomic E-state index is 13.2. The van der Waals surface area contributed by atoms with Gasteiger partial charge in [0.2, 0.25) is 5.91 Å². The highest BCUT2D eigenvalue weighted by molar-refractivity contribution is 5.91. The molecule has 2 fully saturated rings. The summed E-state index contributed by atoms with van der Waals surface area (Å²) in [6, 6.07) is 7.66. The lowest BCUT2D eigenvalue weighted by molar-refractivity contribution is -0.133. The summed E-state index contributed by atoms with van der Waals surface area (Å²) in [5.41, 5.74) is 0.867. The predicted molar refractivity (Wildman–Crippen MR) is 144 cm³/mol. The van der Waals surface area contributed by atoms with Crippen molar-refractivity contribution >= 4 is 23.8 Å². The van der Waals surface area contributed by atoms with Gasteiger partial charge in [0.15, 0.2) is 0 Å². The summed E-state index contributed by atoms with van der Waals surface area (Å²) in [6.45, 7) is 13.1. The second-order valence-corrected chi connectivity index (χ2v) is 12.9. The SMILES string of the molecule is CC(C)(C)OC(=O)N1CC(C2CCN(C(=O)C[C@@H]3C[C@@H](O)CN3C(=O)OC(C)(C)C)CC2)c2ccccc21. The van der Waals surface area contributed by atoms with Crippen LogP contribution in [0.3, 0.4) is 0 Å². The van der Waals surface area contributed by atoms with Gasteiger partial charge in [0.25, 0.3) is 0 Å². The monoisotopic (exact) mass is 529 g/mol. The van der Waals surface area contributed by atoms with E-state index in [2.05, 4.69) is 6.07 Å². The second-order valence-electron chi connectivity index (χ2n) is 12.9. The van der Waals surface area contributed by atoms with Crippen molar-refractivity contribution in [3.63, 3.8) is 0 Å². The molecule has 9 nitrogen and oxygen atoms in total. The molecule has 0 aliphatic carbocycles. The summed E-state index contributed by atoms with van der Waals surface area (Å²) >= 11 is 0. The Balaban J connectivity index is 1.35. The number of anilines is 1. The first-order valence-electron chi connectivity index (χ1n) is 13.8. The maximum absolute atomic E-state index is 13.2. The number of carbonyl (C=O) groups excluding carboxylic acids is 3. The van der Waals surface area contributed by atoms with Crippen molar-refractivity contribution in [1.82, 2.24) is 9.80 Å². The summed E-state index contributed by atoms with van der Waals surface area (Å²) in [5.74, 6) is 0.543. The fourth-order valence-corrected chi connectivity index (χ4v) is 5.84. The molecule has 3 atom stereocenters. The Morgan fingerprint density at radius 2 is 1.53 bits per heavy atom. The minimum absolute atomic E-state index is 0.00156. The van der Waals surface area contributed by atoms with E-state index in [0.29, 0.717) is 32.0 Å². The van der Waals surface area contributed by atoms with Crippen LogP contribution >= 0.6 is 0 Å². The number of piperidine rings is 1. The molecule has 2 saturated heterocycles. The average Bonchev–Trinajstić information content (AvgIpc) is 3.37. The third kappa shape index (κ3) is 6.60. The highest BCUT2D eigenvalue weighted by Crippen LogP contribution is 2.44. The zero-order chi connectivity index (χ0) is 27.8. The van der Waals surface area contributed by atoms with Crippen molar-refractivity contribution in [2.75, 3.05) is 31.1 Å². The number of benzene rings is 1. The molecular formula is C29H43N3O6. The summed E-state index contributed by atoms with van der Waals surface area (Å²) in [5, 5.41) is 10.2. The number of aliphatic hydroxyl groups excluding tert-OH is 1. The number of likely N-dealkylation sites (tertiary alicyclic amines) is 2. The van der Waals surface area contributed by atoms with E-state index >= 15 is 0 Å². The van der Waals surface area contributed by atoms with Gasteiger partial charge in [-0.15, -0.1) is 0 Å². The van der Waals surface area contributed by atoms with Gasteiger partial charge in [-0.1, -0.05) is 18.2 Å². The molecule has 0 aromatic heterocycles. The van der Waals surface area contributed by atoms with Crippen LogP contribution in [0.5, 0.6) is 0 Å². The molecule has 1 unspecified atom stereocenters. The molecule has 0 spiro atoms. The number of amides is 3. The number of fused-ring (bicyclic) bond motifs is 1. The van der Waals surface area contributed by atoms with E-state index in [-0.39, 0.29) is 36.9 Å². The fourth-order valence-electron chi connectivity index (χ4n) is 5.84. The summed E-state index contributed by atoms with van der Waals surface area (Å²) < 4.78 is 11.2. The fraction of sp³-hybridized carbons (Fsp3) is 0.690. The number of aliphatic hydroxyl groups is 1. The van der Waals surface area contributed by atoms with Crippen molar-refractivity contribution in [2.45, 2.75) is 96.5 Å². The largest absolute Gasteiger partial charge is 0.444 e. The van der Waals surface area contributed by atoms with Crippen LogP contribution in [0.4, 0.5) is 15.3 Å². The van der Waals surface area contributed by atoms with Gasteiger partial charge < -0.3 is 24.4 Å².